The molecule has 0 saturated carbocycles. The van der Waals surface area contributed by atoms with Crippen molar-refractivity contribution in [2.45, 2.75) is 38.9 Å². The molecule has 3 atom stereocenters. The summed E-state index contributed by atoms with van der Waals surface area (Å²) in [4.78, 5) is 21.9. The lowest BCUT2D eigenvalue weighted by molar-refractivity contribution is 0.143. The highest BCUT2D eigenvalue weighted by atomic mass is 19.1. The summed E-state index contributed by atoms with van der Waals surface area (Å²) in [5.41, 5.74) is 3.77. The molecule has 1 aliphatic heterocycles. The molecule has 37 heavy (non-hydrogen) atoms. The third-order valence-electron chi connectivity index (χ3n) is 6.85. The summed E-state index contributed by atoms with van der Waals surface area (Å²) in [6, 6.07) is 13.3. The Labute approximate surface area is 215 Å². The zero-order valence-electron chi connectivity index (χ0n) is 21.5. The van der Waals surface area contributed by atoms with Crippen molar-refractivity contribution in [2.24, 2.45) is 17.3 Å². The van der Waals surface area contributed by atoms with Gasteiger partial charge >= 0.3 is 0 Å². The van der Waals surface area contributed by atoms with Gasteiger partial charge in [-0.15, -0.1) is 0 Å². The van der Waals surface area contributed by atoms with E-state index in [2.05, 4.69) is 51.6 Å². The third-order valence-corrected chi connectivity index (χ3v) is 6.85. The molecule has 1 unspecified atom stereocenters. The highest BCUT2D eigenvalue weighted by Crippen LogP contribution is 2.33. The molecule has 2 aromatic heterocycles. The number of piperazine rings is 1. The maximum Gasteiger partial charge on any atom is 0.252 e. The zero-order valence-corrected chi connectivity index (χ0v) is 21.5. The third kappa shape index (κ3) is 5.06. The summed E-state index contributed by atoms with van der Waals surface area (Å²) in [5, 5.41) is 17.5. The van der Waals surface area contributed by atoms with Crippen molar-refractivity contribution in [2.75, 3.05) is 18.0 Å². The van der Waals surface area contributed by atoms with Gasteiger partial charge in [0.1, 0.15) is 23.1 Å². The minimum atomic E-state index is -0.304. The minimum Gasteiger partial charge on any atom is -0.364 e. The smallest absolute Gasteiger partial charge is 0.252 e. The summed E-state index contributed by atoms with van der Waals surface area (Å²) in [7, 11) is 1.70. The van der Waals surface area contributed by atoms with Crippen LogP contribution in [-0.4, -0.2) is 52.1 Å². The molecular formula is C28H30FN7O. The number of halogens is 1. The van der Waals surface area contributed by atoms with E-state index in [1.165, 1.54) is 12.1 Å². The van der Waals surface area contributed by atoms with Crippen molar-refractivity contribution in [3.63, 3.8) is 0 Å². The van der Waals surface area contributed by atoms with Crippen molar-refractivity contribution in [3.8, 4) is 6.07 Å². The molecule has 1 aromatic carbocycles. The molecule has 4 rings (SSSR count). The zero-order chi connectivity index (χ0) is 26.7. The highest BCUT2D eigenvalue weighted by molar-refractivity contribution is 6.00. The summed E-state index contributed by atoms with van der Waals surface area (Å²) in [5.74, 6) is -0.304. The number of hydrogen-bond donors (Lipinski definition) is 0. The predicted molar refractivity (Wildman–Crippen MR) is 146 cm³/mol. The monoisotopic (exact) mass is 499 g/mol. The molecule has 1 aliphatic rings. The maximum absolute atomic E-state index is 13.8. The second-order valence-electron chi connectivity index (χ2n) is 9.27. The fraction of sp³-hybridized carbons (Fsp3) is 0.321. The molecule has 0 bridgehead atoms. The Bertz CT molecular complexity index is 1470. The van der Waals surface area contributed by atoms with Crippen LogP contribution >= 0.6 is 0 Å². The molecule has 1 fully saturated rings. The Hall–Kier alpha value is -4.16. The number of rotatable bonds is 6. The molecule has 3 heterocycles. The van der Waals surface area contributed by atoms with E-state index in [-0.39, 0.29) is 29.5 Å². The van der Waals surface area contributed by atoms with E-state index in [4.69, 9.17) is 0 Å². The van der Waals surface area contributed by atoms with Crippen molar-refractivity contribution < 1.29 is 4.39 Å². The number of allylic oxidation sites excluding steroid dienone is 1. The van der Waals surface area contributed by atoms with E-state index >= 15 is 0 Å². The number of hydrogen-bond acceptors (Lipinski definition) is 7. The second-order valence-corrected chi connectivity index (χ2v) is 9.27. The van der Waals surface area contributed by atoms with Gasteiger partial charge in [-0.3, -0.25) is 9.69 Å². The lowest BCUT2D eigenvalue weighted by Gasteiger charge is -2.48. The van der Waals surface area contributed by atoms with Crippen LogP contribution in [0.1, 0.15) is 38.1 Å². The Morgan fingerprint density at radius 2 is 1.95 bits per heavy atom. The first-order chi connectivity index (χ1) is 17.8. The molecule has 8 nitrogen and oxygen atoms in total. The van der Waals surface area contributed by atoms with Gasteiger partial charge < -0.3 is 9.47 Å². The first-order valence-electron chi connectivity index (χ1n) is 12.1. The van der Waals surface area contributed by atoms with Crippen LogP contribution in [0.2, 0.25) is 0 Å². The van der Waals surface area contributed by atoms with Crippen molar-refractivity contribution in [1.29, 1.82) is 5.26 Å². The van der Waals surface area contributed by atoms with Crippen molar-refractivity contribution in [1.82, 2.24) is 14.5 Å². The van der Waals surface area contributed by atoms with Gasteiger partial charge in [0.15, 0.2) is 0 Å². The van der Waals surface area contributed by atoms with E-state index in [1.807, 2.05) is 19.1 Å². The number of nitriles is 1. The van der Waals surface area contributed by atoms with Gasteiger partial charge in [-0.05, 0) is 56.7 Å². The van der Waals surface area contributed by atoms with Gasteiger partial charge in [-0.25, -0.2) is 9.37 Å². The Morgan fingerprint density at radius 1 is 1.22 bits per heavy atom. The molecule has 0 N–H and O–H groups in total. The lowest BCUT2D eigenvalue weighted by Crippen LogP contribution is -2.58. The molecule has 0 spiro atoms. The number of anilines is 1. The largest absolute Gasteiger partial charge is 0.364 e. The van der Waals surface area contributed by atoms with Crippen molar-refractivity contribution >= 4 is 29.1 Å². The Morgan fingerprint density at radius 3 is 2.59 bits per heavy atom. The predicted octanol–water partition coefficient (Wildman–Crippen LogP) is 4.22. The van der Waals surface area contributed by atoms with Crippen LogP contribution in [0.5, 0.6) is 0 Å². The van der Waals surface area contributed by atoms with Gasteiger partial charge in [0.2, 0.25) is 0 Å². The number of pyridine rings is 2. The minimum absolute atomic E-state index is 0.00876. The average Bonchev–Trinajstić information content (AvgIpc) is 2.89. The van der Waals surface area contributed by atoms with Crippen LogP contribution in [0.3, 0.4) is 0 Å². The van der Waals surface area contributed by atoms with Gasteiger partial charge in [-0.2, -0.15) is 15.5 Å². The van der Waals surface area contributed by atoms with E-state index in [0.29, 0.717) is 41.2 Å². The first kappa shape index (κ1) is 25.9. The topological polar surface area (TPSA) is 89.9 Å². The van der Waals surface area contributed by atoms with Gasteiger partial charge in [0.25, 0.3) is 5.56 Å². The SMILES string of the molecule is C=N/N=C(\C=C/C)C(c1ccc(F)cc1)N1C[C@H](C)N(c2cc(=O)n(C)c3ccc(C#N)nc23)C[C@H]1C. The van der Waals surface area contributed by atoms with Crippen LogP contribution in [0.25, 0.3) is 11.0 Å². The summed E-state index contributed by atoms with van der Waals surface area (Å²) >= 11 is 0. The van der Waals surface area contributed by atoms with Crippen LogP contribution < -0.4 is 10.5 Å². The van der Waals surface area contributed by atoms with Gasteiger partial charge in [-0.1, -0.05) is 18.2 Å². The normalized spacial score (nSPS) is 19.8. The molecule has 190 valence electrons. The quantitative estimate of drug-likeness (QED) is 0.374. The molecule has 9 heteroatoms. The second kappa shape index (κ2) is 10.8. The number of benzene rings is 1. The molecule has 0 amide bonds. The fourth-order valence-electron chi connectivity index (χ4n) is 5.05. The Balaban J connectivity index is 1.78. The molecule has 1 saturated heterocycles. The summed E-state index contributed by atoms with van der Waals surface area (Å²) in [6.45, 7) is 10.9. The lowest BCUT2D eigenvalue weighted by atomic mass is 9.95. The van der Waals surface area contributed by atoms with Gasteiger partial charge in [0, 0.05) is 45.0 Å². The first-order valence-corrected chi connectivity index (χ1v) is 12.1. The number of nitrogens with zero attached hydrogens (tertiary/aromatic N) is 7. The summed E-state index contributed by atoms with van der Waals surface area (Å²) < 4.78 is 15.3. The number of fused-ring (bicyclic) bond motifs is 1. The van der Waals surface area contributed by atoms with Crippen LogP contribution in [0, 0.1) is 17.1 Å². The van der Waals surface area contributed by atoms with E-state index < -0.39 is 0 Å². The number of aryl methyl sites for hydroxylation is 1. The van der Waals surface area contributed by atoms with Crippen LogP contribution in [0.15, 0.2) is 69.6 Å². The molecular weight excluding hydrogens is 469 g/mol. The van der Waals surface area contributed by atoms with E-state index in [1.54, 1.807) is 41.9 Å². The number of aromatic nitrogens is 2. The van der Waals surface area contributed by atoms with Gasteiger partial charge in [0.05, 0.1) is 23.0 Å². The standard InChI is InChI=1S/C28H30FN7O/c1-6-7-23(33-31-4)28(20-8-10-21(29)11-9-20)36-17-18(2)35(16-19(36)3)25-14-26(37)34(5)24-13-12-22(15-30)32-27(24)25/h6-14,18-19,28H,4,16-17H2,1-3,5H3/b7-6-,33-23+/t18-,19+,28?/m0/s1. The van der Waals surface area contributed by atoms with E-state index in [0.717, 1.165) is 5.56 Å². The summed E-state index contributed by atoms with van der Waals surface area (Å²) in [6.07, 6.45) is 3.80. The van der Waals surface area contributed by atoms with E-state index in [9.17, 15) is 14.4 Å². The molecule has 3 aromatic rings. The highest BCUT2D eigenvalue weighted by Gasteiger charge is 2.37. The fourth-order valence-corrected chi connectivity index (χ4v) is 5.05. The molecule has 0 aliphatic carbocycles. The van der Waals surface area contributed by atoms with Crippen LogP contribution in [-0.2, 0) is 7.05 Å². The molecule has 0 radical (unpaired) electrons. The van der Waals surface area contributed by atoms with Crippen molar-refractivity contribution in [3.05, 3.63) is 82.0 Å². The maximum atomic E-state index is 13.8. The average molecular weight is 500 g/mol. The van der Waals surface area contributed by atoms with Crippen LogP contribution in [0.4, 0.5) is 10.1 Å². The Kier molecular flexibility index (Phi) is 7.60.